The molecule has 5 rings (SSSR count). The number of hydrogen-bond acceptors (Lipinski definition) is 11. The van der Waals surface area contributed by atoms with Gasteiger partial charge in [0.25, 0.3) is 0 Å². The molecule has 2 bridgehead atoms. The first-order valence-corrected chi connectivity index (χ1v) is 18.4. The first-order chi connectivity index (χ1) is 24.0. The number of allylic oxidation sites excluding steroid dienone is 1. The van der Waals surface area contributed by atoms with E-state index in [1.54, 1.807) is 91.0 Å². The lowest BCUT2D eigenvalue weighted by atomic mass is 9.87. The van der Waals surface area contributed by atoms with Gasteiger partial charge in [0.2, 0.25) is 0 Å². The fraction of sp³-hybridized carbons (Fsp3) is 0.368. The van der Waals surface area contributed by atoms with Gasteiger partial charge < -0.3 is 28.3 Å². The maximum absolute atomic E-state index is 13.8. The van der Waals surface area contributed by atoms with Gasteiger partial charge in [-0.25, -0.2) is 14.4 Å². The molecule has 264 valence electrons. The third-order valence-corrected chi connectivity index (χ3v) is 11.2. The SMILES string of the molecule is C[C@@H]1C=CC[C@@H](C=O)S[C@H]2O[C@H]([C@@H]1N[S+]([O-])C(C)(C)C)[C@H](OC(=O)c1ccccc1)[C@H](OC(=O)c1ccccc1)[C@H]2OC(=O)c1ccccc1. The topological polar surface area (TPSA) is 140 Å². The third-order valence-electron chi connectivity index (χ3n) is 8.28. The van der Waals surface area contributed by atoms with Gasteiger partial charge in [-0.05, 0) is 69.5 Å². The van der Waals surface area contributed by atoms with E-state index in [2.05, 4.69) is 4.72 Å². The van der Waals surface area contributed by atoms with Crippen LogP contribution in [0.2, 0.25) is 0 Å². The predicted molar refractivity (Wildman–Crippen MR) is 191 cm³/mol. The van der Waals surface area contributed by atoms with Crippen LogP contribution in [0.1, 0.15) is 65.2 Å². The molecule has 9 atom stereocenters. The lowest BCUT2D eigenvalue weighted by Crippen LogP contribution is -2.67. The van der Waals surface area contributed by atoms with Gasteiger partial charge in [0.1, 0.15) is 22.6 Å². The molecule has 0 aromatic heterocycles. The van der Waals surface area contributed by atoms with Gasteiger partial charge in [-0.15, -0.1) is 16.5 Å². The number of thioether (sulfide) groups is 1. The second kappa shape index (κ2) is 16.8. The van der Waals surface area contributed by atoms with Crippen LogP contribution < -0.4 is 4.72 Å². The Kier molecular flexibility index (Phi) is 12.6. The Morgan fingerprint density at radius 1 is 0.800 bits per heavy atom. The molecule has 3 aromatic carbocycles. The van der Waals surface area contributed by atoms with Crippen molar-refractivity contribution in [3.8, 4) is 0 Å². The van der Waals surface area contributed by atoms with Crippen LogP contribution in [0.3, 0.4) is 0 Å². The molecule has 1 unspecified atom stereocenters. The third kappa shape index (κ3) is 9.23. The van der Waals surface area contributed by atoms with Crippen LogP contribution in [-0.4, -0.2) is 74.6 Å². The number of carbonyl (C=O) groups excluding carboxylic acids is 4. The number of aldehydes is 1. The van der Waals surface area contributed by atoms with Crippen LogP contribution >= 0.6 is 11.8 Å². The van der Waals surface area contributed by atoms with E-state index in [0.717, 1.165) is 18.0 Å². The van der Waals surface area contributed by atoms with Crippen molar-refractivity contribution in [2.75, 3.05) is 0 Å². The summed E-state index contributed by atoms with van der Waals surface area (Å²) in [5, 5.41) is -0.621. The number of nitrogens with one attached hydrogen (secondary N) is 1. The van der Waals surface area contributed by atoms with E-state index >= 15 is 0 Å². The average Bonchev–Trinajstić information content (AvgIpc) is 3.12. The number of rotatable bonds is 9. The molecule has 1 fully saturated rings. The van der Waals surface area contributed by atoms with E-state index in [-0.39, 0.29) is 22.6 Å². The summed E-state index contributed by atoms with van der Waals surface area (Å²) < 4.78 is 41.5. The van der Waals surface area contributed by atoms with Crippen molar-refractivity contribution < 1.29 is 42.7 Å². The zero-order valence-corrected chi connectivity index (χ0v) is 29.8. The number of carbonyl (C=O) groups is 4. The molecule has 0 radical (unpaired) electrons. The molecular formula is C38H41NO9S2. The van der Waals surface area contributed by atoms with Crippen molar-refractivity contribution in [3.63, 3.8) is 0 Å². The Morgan fingerprint density at radius 2 is 1.26 bits per heavy atom. The van der Waals surface area contributed by atoms with Gasteiger partial charge in [0, 0.05) is 11.4 Å². The van der Waals surface area contributed by atoms with Crippen LogP contribution in [-0.2, 0) is 35.1 Å². The summed E-state index contributed by atoms with van der Waals surface area (Å²) in [5.74, 6) is -2.60. The first-order valence-electron chi connectivity index (χ1n) is 16.3. The van der Waals surface area contributed by atoms with E-state index in [1.807, 2.05) is 39.8 Å². The fourth-order valence-corrected chi connectivity index (χ4v) is 7.70. The van der Waals surface area contributed by atoms with Gasteiger partial charge in [0.05, 0.1) is 28.0 Å². The highest BCUT2D eigenvalue weighted by Gasteiger charge is 2.57. The highest BCUT2D eigenvalue weighted by Crippen LogP contribution is 2.40. The second-order valence-corrected chi connectivity index (χ2v) is 16.4. The maximum Gasteiger partial charge on any atom is 0.338 e. The van der Waals surface area contributed by atoms with E-state index in [9.17, 15) is 23.7 Å². The Morgan fingerprint density at radius 3 is 1.72 bits per heavy atom. The van der Waals surface area contributed by atoms with Gasteiger partial charge in [-0.2, -0.15) is 0 Å². The highest BCUT2D eigenvalue weighted by molar-refractivity contribution is 8.01. The summed E-state index contributed by atoms with van der Waals surface area (Å²) in [7, 11) is 0. The molecule has 0 aliphatic carbocycles. The minimum atomic E-state index is -1.62. The molecule has 3 aromatic rings. The number of ether oxygens (including phenoxy) is 4. The van der Waals surface area contributed by atoms with E-state index < -0.39 is 75.2 Å². The van der Waals surface area contributed by atoms with Crippen molar-refractivity contribution >= 4 is 47.3 Å². The maximum atomic E-state index is 13.8. The van der Waals surface area contributed by atoms with Crippen molar-refractivity contribution in [2.45, 2.75) is 80.0 Å². The van der Waals surface area contributed by atoms with Crippen LogP contribution in [0.25, 0.3) is 0 Å². The summed E-state index contributed by atoms with van der Waals surface area (Å²) in [5.41, 5.74) is -0.400. The van der Waals surface area contributed by atoms with E-state index in [1.165, 1.54) is 0 Å². The van der Waals surface area contributed by atoms with Crippen LogP contribution in [0.15, 0.2) is 103 Å². The largest absolute Gasteiger partial charge is 0.598 e. The summed E-state index contributed by atoms with van der Waals surface area (Å²) in [6, 6.07) is 24.1. The number of esters is 3. The Labute approximate surface area is 299 Å². The Hall–Kier alpha value is -3.94. The normalized spacial score (nSPS) is 27.3. The minimum Gasteiger partial charge on any atom is -0.598 e. The van der Waals surface area contributed by atoms with Crippen LogP contribution in [0, 0.1) is 5.92 Å². The van der Waals surface area contributed by atoms with Crippen LogP contribution in [0.5, 0.6) is 0 Å². The highest BCUT2D eigenvalue weighted by atomic mass is 32.2. The lowest BCUT2D eigenvalue weighted by Gasteiger charge is -2.48. The summed E-state index contributed by atoms with van der Waals surface area (Å²) in [6.07, 6.45) is -0.368. The van der Waals surface area contributed by atoms with E-state index in [0.29, 0.717) is 6.42 Å². The van der Waals surface area contributed by atoms with Gasteiger partial charge in [0.15, 0.2) is 18.3 Å². The smallest absolute Gasteiger partial charge is 0.338 e. The van der Waals surface area contributed by atoms with Gasteiger partial charge in [-0.1, -0.05) is 73.7 Å². The standard InChI is InChI=1S/C38H41NO9S2/c1-24-15-14-22-28(23-40)49-37-33(47-36(43)27-20-12-7-13-21-27)32(46-35(42)26-18-10-6-11-19-26)31(45-34(41)25-16-8-5-9-17-25)30(48-37)29(24)39-50(44)38(2,3)4/h5-21,23-24,28-33,37,39H,22H2,1-4H3/t24-,28+,29-,30-,31+,32+,33-,37-,50?/m1/s1. The zero-order chi connectivity index (χ0) is 35.8. The molecule has 10 nitrogen and oxygen atoms in total. The molecule has 0 saturated carbocycles. The number of fused-ring (bicyclic) bond motifs is 2. The predicted octanol–water partition coefficient (Wildman–Crippen LogP) is 5.71. The Balaban J connectivity index is 1.67. The quantitative estimate of drug-likeness (QED) is 0.0957. The number of benzene rings is 3. The molecule has 1 N–H and O–H groups in total. The summed E-state index contributed by atoms with van der Waals surface area (Å²) in [6.45, 7) is 7.35. The van der Waals surface area contributed by atoms with Crippen molar-refractivity contribution in [2.24, 2.45) is 5.92 Å². The average molecular weight is 720 g/mol. The summed E-state index contributed by atoms with van der Waals surface area (Å²) in [4.78, 5) is 53.6. The van der Waals surface area contributed by atoms with Crippen molar-refractivity contribution in [1.29, 1.82) is 0 Å². The zero-order valence-electron chi connectivity index (χ0n) is 28.2. The molecular weight excluding hydrogens is 679 g/mol. The molecule has 2 aliphatic rings. The second-order valence-electron chi connectivity index (χ2n) is 13.0. The fourth-order valence-electron chi connectivity index (χ4n) is 5.56. The lowest BCUT2D eigenvalue weighted by molar-refractivity contribution is -0.207. The molecule has 50 heavy (non-hydrogen) atoms. The van der Waals surface area contributed by atoms with Gasteiger partial charge >= 0.3 is 17.9 Å². The molecule has 0 amide bonds. The monoisotopic (exact) mass is 719 g/mol. The molecule has 0 spiro atoms. The van der Waals surface area contributed by atoms with Crippen molar-refractivity contribution in [1.82, 2.24) is 4.72 Å². The summed E-state index contributed by atoms with van der Waals surface area (Å²) >= 11 is -0.510. The minimum absolute atomic E-state index is 0.215. The van der Waals surface area contributed by atoms with E-state index in [4.69, 9.17) is 18.9 Å². The van der Waals surface area contributed by atoms with Crippen LogP contribution in [0.4, 0.5) is 0 Å². The van der Waals surface area contributed by atoms with Crippen molar-refractivity contribution in [3.05, 3.63) is 120 Å². The first kappa shape index (κ1) is 37.3. The van der Waals surface area contributed by atoms with Gasteiger partial charge in [-0.3, -0.25) is 0 Å². The number of hydrogen-bond donors (Lipinski definition) is 1. The molecule has 12 heteroatoms. The molecule has 2 heterocycles. The molecule has 2 aliphatic heterocycles. The Bertz CT molecular complexity index is 1630. The molecule has 1 saturated heterocycles.